The van der Waals surface area contributed by atoms with Crippen molar-refractivity contribution < 1.29 is 19.2 Å². The van der Waals surface area contributed by atoms with Crippen LogP contribution in [0.15, 0.2) is 29.8 Å². The zero-order chi connectivity index (χ0) is 16.1. The fraction of sp³-hybridized carbons (Fsp3) is 0.0833. The highest BCUT2D eigenvalue weighted by atomic mass is 32.1. The second-order valence-electron chi connectivity index (χ2n) is 3.89. The minimum Gasteiger partial charge on any atom is -0.494 e. The number of aromatic nitrogens is 1. The monoisotopic (exact) mass is 322 g/mol. The van der Waals surface area contributed by atoms with Crippen LogP contribution < -0.4 is 15.4 Å². The molecule has 1 aromatic heterocycles. The molecule has 0 aliphatic carbocycles. The quantitative estimate of drug-likeness (QED) is 0.501. The van der Waals surface area contributed by atoms with Crippen LogP contribution in [0.1, 0.15) is 0 Å². The number of hydrogen-bond acceptors (Lipinski definition) is 7. The molecule has 2 N–H and O–H groups in total. The first-order valence-corrected chi connectivity index (χ1v) is 6.73. The molecule has 2 rings (SSSR count). The van der Waals surface area contributed by atoms with Crippen molar-refractivity contribution in [1.82, 2.24) is 4.98 Å². The minimum atomic E-state index is -0.942. The molecule has 0 bridgehead atoms. The van der Waals surface area contributed by atoms with Gasteiger partial charge in [0.15, 0.2) is 5.13 Å². The van der Waals surface area contributed by atoms with Crippen LogP contribution in [0, 0.1) is 10.1 Å². The summed E-state index contributed by atoms with van der Waals surface area (Å²) < 4.78 is 4.96. The molecule has 0 saturated carbocycles. The maximum absolute atomic E-state index is 11.8. The molecule has 1 heterocycles. The van der Waals surface area contributed by atoms with E-state index < -0.39 is 16.7 Å². The number of anilines is 2. The molecule has 1 aromatic carbocycles. The Morgan fingerprint density at radius 3 is 2.64 bits per heavy atom. The summed E-state index contributed by atoms with van der Waals surface area (Å²) in [4.78, 5) is 37.4. The molecule has 0 radical (unpaired) electrons. The largest absolute Gasteiger partial charge is 0.494 e. The van der Waals surface area contributed by atoms with E-state index in [1.165, 1.54) is 36.8 Å². The van der Waals surface area contributed by atoms with E-state index in [1.54, 1.807) is 5.38 Å². The van der Waals surface area contributed by atoms with Crippen molar-refractivity contribution in [2.24, 2.45) is 0 Å². The number of benzene rings is 1. The van der Waals surface area contributed by atoms with Gasteiger partial charge in [0.05, 0.1) is 23.8 Å². The van der Waals surface area contributed by atoms with E-state index in [2.05, 4.69) is 15.6 Å². The standard InChI is InChI=1S/C12H10N4O5S/c1-21-9-6-7(16(19)20)2-3-8(9)14-10(17)11(18)15-12-13-4-5-22-12/h2-6H,1H3,(H,14,17)(H,13,15,18). The van der Waals surface area contributed by atoms with E-state index >= 15 is 0 Å². The van der Waals surface area contributed by atoms with Gasteiger partial charge in [-0.2, -0.15) is 0 Å². The lowest BCUT2D eigenvalue weighted by atomic mass is 10.2. The van der Waals surface area contributed by atoms with Crippen LogP contribution in [0.3, 0.4) is 0 Å². The summed E-state index contributed by atoms with van der Waals surface area (Å²) in [5.74, 6) is -1.78. The predicted molar refractivity (Wildman–Crippen MR) is 79.0 cm³/mol. The van der Waals surface area contributed by atoms with Crippen molar-refractivity contribution in [3.05, 3.63) is 39.9 Å². The van der Waals surface area contributed by atoms with Crippen LogP contribution in [-0.2, 0) is 9.59 Å². The number of hydrogen-bond donors (Lipinski definition) is 2. The number of rotatable bonds is 4. The van der Waals surface area contributed by atoms with Crippen LogP contribution in [0.4, 0.5) is 16.5 Å². The molecule has 9 nitrogen and oxygen atoms in total. The van der Waals surface area contributed by atoms with Crippen molar-refractivity contribution >= 4 is 39.7 Å². The molecule has 0 aliphatic heterocycles. The summed E-state index contributed by atoms with van der Waals surface area (Å²) in [7, 11) is 1.30. The third-order valence-electron chi connectivity index (χ3n) is 2.50. The summed E-state index contributed by atoms with van der Waals surface area (Å²) in [6.45, 7) is 0. The maximum Gasteiger partial charge on any atom is 0.315 e. The number of nitrogens with zero attached hydrogens (tertiary/aromatic N) is 2. The zero-order valence-electron chi connectivity index (χ0n) is 11.2. The second kappa shape index (κ2) is 6.63. The van der Waals surface area contributed by atoms with Gasteiger partial charge in [0.1, 0.15) is 5.75 Å². The average Bonchev–Trinajstić information content (AvgIpc) is 3.00. The summed E-state index contributed by atoms with van der Waals surface area (Å²) >= 11 is 1.17. The normalized spacial score (nSPS) is 9.86. The van der Waals surface area contributed by atoms with E-state index in [-0.39, 0.29) is 22.3 Å². The van der Waals surface area contributed by atoms with Crippen molar-refractivity contribution in [3.8, 4) is 5.75 Å². The zero-order valence-corrected chi connectivity index (χ0v) is 12.0. The van der Waals surface area contributed by atoms with Crippen LogP contribution in [0.2, 0.25) is 0 Å². The highest BCUT2D eigenvalue weighted by Gasteiger charge is 2.18. The Morgan fingerprint density at radius 2 is 2.05 bits per heavy atom. The van der Waals surface area contributed by atoms with Gasteiger partial charge in [-0.1, -0.05) is 0 Å². The van der Waals surface area contributed by atoms with Gasteiger partial charge in [0, 0.05) is 17.6 Å². The van der Waals surface area contributed by atoms with E-state index in [1.807, 2.05) is 0 Å². The molecule has 22 heavy (non-hydrogen) atoms. The first-order chi connectivity index (χ1) is 10.5. The molecule has 0 saturated heterocycles. The first-order valence-electron chi connectivity index (χ1n) is 5.85. The molecule has 0 spiro atoms. The van der Waals surface area contributed by atoms with Gasteiger partial charge in [-0.25, -0.2) is 4.98 Å². The van der Waals surface area contributed by atoms with Crippen molar-refractivity contribution in [2.75, 3.05) is 17.7 Å². The van der Waals surface area contributed by atoms with E-state index in [9.17, 15) is 19.7 Å². The van der Waals surface area contributed by atoms with E-state index in [4.69, 9.17) is 4.74 Å². The van der Waals surface area contributed by atoms with Crippen molar-refractivity contribution in [1.29, 1.82) is 0 Å². The smallest absolute Gasteiger partial charge is 0.315 e. The number of ether oxygens (including phenoxy) is 1. The SMILES string of the molecule is COc1cc([N+](=O)[O-])ccc1NC(=O)C(=O)Nc1nccs1. The third kappa shape index (κ3) is 3.55. The lowest BCUT2D eigenvalue weighted by molar-refractivity contribution is -0.384. The number of carbonyl (C=O) groups excluding carboxylic acids is 2. The number of nitrogens with one attached hydrogen (secondary N) is 2. The van der Waals surface area contributed by atoms with Crippen LogP contribution in [0.5, 0.6) is 5.75 Å². The molecule has 10 heteroatoms. The van der Waals surface area contributed by atoms with Gasteiger partial charge >= 0.3 is 11.8 Å². The minimum absolute atomic E-state index is 0.0737. The number of nitro groups is 1. The van der Waals surface area contributed by atoms with Crippen molar-refractivity contribution in [3.63, 3.8) is 0 Å². The highest BCUT2D eigenvalue weighted by molar-refractivity contribution is 7.13. The predicted octanol–water partition coefficient (Wildman–Crippen LogP) is 1.64. The fourth-order valence-electron chi connectivity index (χ4n) is 1.51. The Morgan fingerprint density at radius 1 is 1.32 bits per heavy atom. The van der Waals surface area contributed by atoms with E-state index in [0.29, 0.717) is 0 Å². The highest BCUT2D eigenvalue weighted by Crippen LogP contribution is 2.28. The molecule has 0 fully saturated rings. The van der Waals surface area contributed by atoms with Crippen LogP contribution in [0.25, 0.3) is 0 Å². The van der Waals surface area contributed by atoms with Gasteiger partial charge in [0.2, 0.25) is 0 Å². The number of carbonyl (C=O) groups is 2. The summed E-state index contributed by atoms with van der Waals surface area (Å²) in [6, 6.07) is 3.62. The molecule has 114 valence electrons. The fourth-order valence-corrected chi connectivity index (χ4v) is 2.04. The molecule has 2 amide bonds. The Bertz CT molecular complexity index is 716. The average molecular weight is 322 g/mol. The first kappa shape index (κ1) is 15.4. The topological polar surface area (TPSA) is 123 Å². The number of nitro benzene ring substituents is 1. The van der Waals surface area contributed by atoms with Gasteiger partial charge in [-0.3, -0.25) is 25.0 Å². The number of methoxy groups -OCH3 is 1. The molecular weight excluding hydrogens is 312 g/mol. The molecular formula is C12H10N4O5S. The van der Waals surface area contributed by atoms with Crippen LogP contribution >= 0.6 is 11.3 Å². The number of amides is 2. The van der Waals surface area contributed by atoms with Crippen molar-refractivity contribution in [2.45, 2.75) is 0 Å². The number of non-ortho nitro benzene ring substituents is 1. The Labute approximate surface area is 128 Å². The van der Waals surface area contributed by atoms with Gasteiger partial charge in [-0.15, -0.1) is 11.3 Å². The molecule has 2 aromatic rings. The summed E-state index contributed by atoms with van der Waals surface area (Å²) in [6.07, 6.45) is 1.48. The molecule has 0 aliphatic rings. The second-order valence-corrected chi connectivity index (χ2v) is 4.78. The van der Waals surface area contributed by atoms with Crippen LogP contribution in [-0.4, -0.2) is 28.8 Å². The van der Waals surface area contributed by atoms with Gasteiger partial charge in [0.25, 0.3) is 5.69 Å². The Kier molecular flexibility index (Phi) is 4.63. The third-order valence-corrected chi connectivity index (χ3v) is 3.19. The molecule has 0 atom stereocenters. The van der Waals surface area contributed by atoms with Gasteiger partial charge in [-0.05, 0) is 6.07 Å². The Hall–Kier alpha value is -3.01. The number of thiazole rings is 1. The summed E-state index contributed by atoms with van der Waals surface area (Å²) in [5.41, 5.74) is -0.0468. The lowest BCUT2D eigenvalue weighted by Gasteiger charge is -2.09. The maximum atomic E-state index is 11.8. The molecule has 0 unspecified atom stereocenters. The van der Waals surface area contributed by atoms with Gasteiger partial charge < -0.3 is 10.1 Å². The summed E-state index contributed by atoms with van der Waals surface area (Å²) in [5, 5.41) is 17.2. The lowest BCUT2D eigenvalue weighted by Crippen LogP contribution is -2.29. The van der Waals surface area contributed by atoms with E-state index in [0.717, 1.165) is 6.07 Å². The Balaban J connectivity index is 2.10.